The van der Waals surface area contributed by atoms with Crippen molar-refractivity contribution in [2.75, 3.05) is 6.61 Å². The van der Waals surface area contributed by atoms with E-state index in [2.05, 4.69) is 30.4 Å². The molecule has 0 aliphatic heterocycles. The first kappa shape index (κ1) is 14.8. The van der Waals surface area contributed by atoms with Gasteiger partial charge in [0.25, 0.3) is 0 Å². The van der Waals surface area contributed by atoms with E-state index < -0.39 is 0 Å². The van der Waals surface area contributed by atoms with E-state index in [1.165, 1.54) is 18.4 Å². The monoisotopic (exact) mass is 269 g/mol. The molecule has 106 valence electrons. The van der Waals surface area contributed by atoms with Crippen molar-refractivity contribution in [3.05, 3.63) is 47.5 Å². The molecule has 1 saturated carbocycles. The SMILES string of the molecule is C/C=C/CCOC1CCC(c2ccc(C#N)cc2)CC1. The Morgan fingerprint density at radius 3 is 2.50 bits per heavy atom. The fraction of sp³-hybridized carbons (Fsp3) is 0.500. The molecule has 1 aliphatic rings. The highest BCUT2D eigenvalue weighted by molar-refractivity contribution is 5.33. The predicted octanol–water partition coefficient (Wildman–Crippen LogP) is 4.57. The molecular formula is C18H23NO. The summed E-state index contributed by atoms with van der Waals surface area (Å²) in [4.78, 5) is 0. The molecule has 0 heterocycles. The van der Waals surface area contributed by atoms with E-state index in [9.17, 15) is 0 Å². The van der Waals surface area contributed by atoms with Crippen molar-refractivity contribution in [1.82, 2.24) is 0 Å². The van der Waals surface area contributed by atoms with Crippen molar-refractivity contribution in [3.63, 3.8) is 0 Å². The average Bonchev–Trinajstić information content (AvgIpc) is 2.52. The first-order valence-corrected chi connectivity index (χ1v) is 7.56. The first-order chi connectivity index (χ1) is 9.83. The third kappa shape index (κ3) is 4.21. The smallest absolute Gasteiger partial charge is 0.0991 e. The van der Waals surface area contributed by atoms with Crippen LogP contribution in [-0.2, 0) is 4.74 Å². The van der Waals surface area contributed by atoms with Crippen molar-refractivity contribution in [2.45, 2.75) is 51.0 Å². The average molecular weight is 269 g/mol. The topological polar surface area (TPSA) is 33.0 Å². The molecule has 0 bridgehead atoms. The summed E-state index contributed by atoms with van der Waals surface area (Å²) < 4.78 is 5.91. The molecule has 2 heteroatoms. The first-order valence-electron chi connectivity index (χ1n) is 7.56. The Kier molecular flexibility index (Phi) is 5.83. The molecule has 0 aromatic heterocycles. The molecule has 2 rings (SSSR count). The lowest BCUT2D eigenvalue weighted by molar-refractivity contribution is 0.0274. The summed E-state index contributed by atoms with van der Waals surface area (Å²) in [6, 6.07) is 10.2. The molecule has 0 N–H and O–H groups in total. The molecule has 0 unspecified atom stereocenters. The molecule has 1 fully saturated rings. The Morgan fingerprint density at radius 2 is 1.90 bits per heavy atom. The van der Waals surface area contributed by atoms with Gasteiger partial charge in [-0.2, -0.15) is 5.26 Å². The summed E-state index contributed by atoms with van der Waals surface area (Å²) in [5, 5.41) is 8.82. The minimum absolute atomic E-state index is 0.440. The molecule has 0 atom stereocenters. The molecule has 2 nitrogen and oxygen atoms in total. The number of rotatable bonds is 5. The van der Waals surface area contributed by atoms with Crippen molar-refractivity contribution >= 4 is 0 Å². The number of hydrogen-bond donors (Lipinski definition) is 0. The minimum Gasteiger partial charge on any atom is -0.378 e. The van der Waals surface area contributed by atoms with Crippen LogP contribution >= 0.6 is 0 Å². The van der Waals surface area contributed by atoms with E-state index in [4.69, 9.17) is 10.00 Å². The van der Waals surface area contributed by atoms with Gasteiger partial charge in [-0.1, -0.05) is 24.3 Å². The van der Waals surface area contributed by atoms with Gasteiger partial charge >= 0.3 is 0 Å². The Morgan fingerprint density at radius 1 is 1.20 bits per heavy atom. The van der Waals surface area contributed by atoms with Gasteiger partial charge in [0.05, 0.1) is 24.3 Å². The van der Waals surface area contributed by atoms with Crippen molar-refractivity contribution in [2.24, 2.45) is 0 Å². The van der Waals surface area contributed by atoms with Crippen LogP contribution in [0.3, 0.4) is 0 Å². The number of benzene rings is 1. The maximum absolute atomic E-state index is 8.82. The van der Waals surface area contributed by atoms with Crippen LogP contribution in [-0.4, -0.2) is 12.7 Å². The van der Waals surface area contributed by atoms with Crippen LogP contribution in [0.25, 0.3) is 0 Å². The van der Waals surface area contributed by atoms with Crippen LogP contribution in [0.5, 0.6) is 0 Å². The van der Waals surface area contributed by atoms with Crippen LogP contribution in [0.2, 0.25) is 0 Å². The van der Waals surface area contributed by atoms with E-state index in [1.54, 1.807) is 0 Å². The van der Waals surface area contributed by atoms with Crippen LogP contribution in [0.15, 0.2) is 36.4 Å². The molecule has 20 heavy (non-hydrogen) atoms. The lowest BCUT2D eigenvalue weighted by Gasteiger charge is -2.28. The van der Waals surface area contributed by atoms with Crippen LogP contribution in [0, 0.1) is 11.3 Å². The second-order valence-corrected chi connectivity index (χ2v) is 5.44. The molecule has 1 aliphatic carbocycles. The van der Waals surface area contributed by atoms with Crippen molar-refractivity contribution in [3.8, 4) is 6.07 Å². The largest absolute Gasteiger partial charge is 0.378 e. The van der Waals surface area contributed by atoms with E-state index in [0.717, 1.165) is 31.4 Å². The molecule has 0 amide bonds. The second kappa shape index (κ2) is 7.87. The van der Waals surface area contributed by atoms with Gasteiger partial charge in [-0.25, -0.2) is 0 Å². The molecule has 0 saturated heterocycles. The summed E-state index contributed by atoms with van der Waals surface area (Å²) in [5.41, 5.74) is 2.12. The highest BCUT2D eigenvalue weighted by Gasteiger charge is 2.22. The predicted molar refractivity (Wildman–Crippen MR) is 81.5 cm³/mol. The third-order valence-electron chi connectivity index (χ3n) is 4.06. The number of hydrogen-bond acceptors (Lipinski definition) is 2. The van der Waals surface area contributed by atoms with E-state index >= 15 is 0 Å². The minimum atomic E-state index is 0.440. The summed E-state index contributed by atoms with van der Waals surface area (Å²) >= 11 is 0. The number of allylic oxidation sites excluding steroid dienone is 1. The van der Waals surface area contributed by atoms with Crippen LogP contribution < -0.4 is 0 Å². The summed E-state index contributed by atoms with van der Waals surface area (Å²) in [5.74, 6) is 0.637. The fourth-order valence-electron chi connectivity index (χ4n) is 2.86. The fourth-order valence-corrected chi connectivity index (χ4v) is 2.86. The molecule has 0 radical (unpaired) electrons. The maximum atomic E-state index is 8.82. The zero-order chi connectivity index (χ0) is 14.2. The molecule has 0 spiro atoms. The summed E-state index contributed by atoms with van der Waals surface area (Å²) in [6.07, 6.45) is 10.4. The number of nitrogens with zero attached hydrogens (tertiary/aromatic N) is 1. The Labute approximate surface area is 122 Å². The Hall–Kier alpha value is -1.59. The zero-order valence-electron chi connectivity index (χ0n) is 12.2. The summed E-state index contributed by atoms with van der Waals surface area (Å²) in [6.45, 7) is 2.89. The standard InChI is InChI=1S/C18H23NO/c1-2-3-4-13-20-18-11-9-17(10-12-18)16-7-5-15(14-19)6-8-16/h2-3,5-8,17-18H,4,9-13H2,1H3/b3-2+. The van der Waals surface area contributed by atoms with Gasteiger partial charge < -0.3 is 4.74 Å². The van der Waals surface area contributed by atoms with Gasteiger partial charge in [0.1, 0.15) is 0 Å². The summed E-state index contributed by atoms with van der Waals surface area (Å²) in [7, 11) is 0. The Balaban J connectivity index is 1.77. The van der Waals surface area contributed by atoms with Gasteiger partial charge in [0.15, 0.2) is 0 Å². The van der Waals surface area contributed by atoms with Gasteiger partial charge in [-0.05, 0) is 62.6 Å². The maximum Gasteiger partial charge on any atom is 0.0991 e. The van der Waals surface area contributed by atoms with Crippen LogP contribution in [0.4, 0.5) is 0 Å². The number of ether oxygens (including phenoxy) is 1. The quantitative estimate of drug-likeness (QED) is 0.579. The van der Waals surface area contributed by atoms with E-state index in [1.807, 2.05) is 19.1 Å². The number of nitriles is 1. The van der Waals surface area contributed by atoms with Gasteiger partial charge in [-0.3, -0.25) is 0 Å². The molecule has 1 aromatic rings. The van der Waals surface area contributed by atoms with Gasteiger partial charge in [-0.15, -0.1) is 0 Å². The lowest BCUT2D eigenvalue weighted by atomic mass is 9.82. The Bertz CT molecular complexity index is 461. The molecule has 1 aromatic carbocycles. The van der Waals surface area contributed by atoms with E-state index in [-0.39, 0.29) is 0 Å². The van der Waals surface area contributed by atoms with Crippen molar-refractivity contribution < 1.29 is 4.74 Å². The van der Waals surface area contributed by atoms with Gasteiger partial charge in [0.2, 0.25) is 0 Å². The highest BCUT2D eigenvalue weighted by Crippen LogP contribution is 2.34. The van der Waals surface area contributed by atoms with E-state index in [0.29, 0.717) is 12.0 Å². The van der Waals surface area contributed by atoms with Gasteiger partial charge in [0, 0.05) is 0 Å². The normalized spacial score (nSPS) is 22.8. The zero-order valence-corrected chi connectivity index (χ0v) is 12.2. The lowest BCUT2D eigenvalue weighted by Crippen LogP contribution is -2.21. The third-order valence-corrected chi connectivity index (χ3v) is 4.06. The highest BCUT2D eigenvalue weighted by atomic mass is 16.5. The van der Waals surface area contributed by atoms with Crippen molar-refractivity contribution in [1.29, 1.82) is 5.26 Å². The van der Waals surface area contributed by atoms with Crippen LogP contribution in [0.1, 0.15) is 56.1 Å². The molecular weight excluding hydrogens is 246 g/mol. The second-order valence-electron chi connectivity index (χ2n) is 5.44.